The standard InChI is InChI=1S/C13H12N2O/c1-10-12(15-9-14-10)7-8-13(16)11-5-3-2-4-6-11/h2-9H,1H3,(H,14,15)/b8-7+. The maximum absolute atomic E-state index is 11.7. The molecule has 0 atom stereocenters. The summed E-state index contributed by atoms with van der Waals surface area (Å²) < 4.78 is 0. The Balaban J connectivity index is 2.15. The zero-order valence-corrected chi connectivity index (χ0v) is 8.97. The molecule has 0 aliphatic carbocycles. The van der Waals surface area contributed by atoms with Crippen LogP contribution in [-0.4, -0.2) is 15.8 Å². The molecule has 3 nitrogen and oxygen atoms in total. The van der Waals surface area contributed by atoms with Crippen LogP contribution in [0.15, 0.2) is 42.7 Å². The van der Waals surface area contributed by atoms with E-state index in [1.807, 2.05) is 25.1 Å². The Morgan fingerprint density at radius 1 is 1.31 bits per heavy atom. The van der Waals surface area contributed by atoms with Crippen LogP contribution < -0.4 is 0 Å². The number of imidazole rings is 1. The fourth-order valence-electron chi connectivity index (χ4n) is 1.39. The van der Waals surface area contributed by atoms with Gasteiger partial charge in [-0.25, -0.2) is 4.98 Å². The predicted octanol–water partition coefficient (Wildman–Crippen LogP) is 2.61. The molecule has 0 spiro atoms. The van der Waals surface area contributed by atoms with Crippen LogP contribution in [0.4, 0.5) is 0 Å². The molecule has 0 saturated heterocycles. The van der Waals surface area contributed by atoms with Gasteiger partial charge >= 0.3 is 0 Å². The first-order valence-electron chi connectivity index (χ1n) is 5.05. The number of aromatic nitrogens is 2. The molecule has 1 aromatic carbocycles. The highest BCUT2D eigenvalue weighted by atomic mass is 16.1. The Morgan fingerprint density at radius 2 is 2.06 bits per heavy atom. The van der Waals surface area contributed by atoms with Crippen molar-refractivity contribution in [3.05, 3.63) is 59.7 Å². The summed E-state index contributed by atoms with van der Waals surface area (Å²) in [6.07, 6.45) is 4.88. The molecule has 16 heavy (non-hydrogen) atoms. The molecule has 0 radical (unpaired) electrons. The molecule has 1 aromatic heterocycles. The van der Waals surface area contributed by atoms with Crippen molar-refractivity contribution < 1.29 is 4.79 Å². The minimum atomic E-state index is -0.0111. The summed E-state index contributed by atoms with van der Waals surface area (Å²) in [6.45, 7) is 1.92. The van der Waals surface area contributed by atoms with Crippen LogP contribution in [-0.2, 0) is 0 Å². The van der Waals surface area contributed by atoms with Gasteiger partial charge in [-0.1, -0.05) is 30.3 Å². The summed E-state index contributed by atoms with van der Waals surface area (Å²) in [5.74, 6) is -0.0111. The average molecular weight is 212 g/mol. The summed E-state index contributed by atoms with van der Waals surface area (Å²) in [6, 6.07) is 9.17. The molecule has 80 valence electrons. The topological polar surface area (TPSA) is 45.8 Å². The first-order chi connectivity index (χ1) is 7.77. The van der Waals surface area contributed by atoms with Gasteiger partial charge in [0.05, 0.1) is 12.0 Å². The minimum absolute atomic E-state index is 0.0111. The van der Waals surface area contributed by atoms with Crippen molar-refractivity contribution in [2.75, 3.05) is 0 Å². The highest BCUT2D eigenvalue weighted by Crippen LogP contribution is 2.06. The van der Waals surface area contributed by atoms with E-state index in [1.54, 1.807) is 30.6 Å². The second-order valence-corrected chi connectivity index (χ2v) is 3.48. The van der Waals surface area contributed by atoms with E-state index in [-0.39, 0.29) is 5.78 Å². The summed E-state index contributed by atoms with van der Waals surface area (Å²) >= 11 is 0. The van der Waals surface area contributed by atoms with E-state index in [9.17, 15) is 4.79 Å². The fraction of sp³-hybridized carbons (Fsp3) is 0.0769. The van der Waals surface area contributed by atoms with Gasteiger partial charge in [0.1, 0.15) is 0 Å². The zero-order chi connectivity index (χ0) is 11.4. The number of benzene rings is 1. The number of carbonyl (C=O) groups is 1. The third-order valence-electron chi connectivity index (χ3n) is 2.32. The Kier molecular flexibility index (Phi) is 2.96. The van der Waals surface area contributed by atoms with Gasteiger partial charge in [-0.15, -0.1) is 0 Å². The van der Waals surface area contributed by atoms with Crippen molar-refractivity contribution in [1.29, 1.82) is 0 Å². The van der Waals surface area contributed by atoms with Crippen molar-refractivity contribution in [3.63, 3.8) is 0 Å². The van der Waals surface area contributed by atoms with Gasteiger partial charge in [-0.3, -0.25) is 4.79 Å². The zero-order valence-electron chi connectivity index (χ0n) is 8.97. The van der Waals surface area contributed by atoms with Gasteiger partial charge in [-0.2, -0.15) is 0 Å². The summed E-state index contributed by atoms with van der Waals surface area (Å²) in [5, 5.41) is 0. The maximum Gasteiger partial charge on any atom is 0.185 e. The number of nitrogens with zero attached hydrogens (tertiary/aromatic N) is 1. The van der Waals surface area contributed by atoms with E-state index in [0.717, 1.165) is 11.4 Å². The SMILES string of the molecule is Cc1[nH]cnc1/C=C/C(=O)c1ccccc1. The number of H-pyrrole nitrogens is 1. The molecule has 0 aliphatic heterocycles. The largest absolute Gasteiger partial charge is 0.348 e. The highest BCUT2D eigenvalue weighted by molar-refractivity contribution is 6.06. The average Bonchev–Trinajstić information content (AvgIpc) is 2.73. The van der Waals surface area contributed by atoms with Gasteiger partial charge in [0.25, 0.3) is 0 Å². The van der Waals surface area contributed by atoms with Crippen LogP contribution in [0.2, 0.25) is 0 Å². The lowest BCUT2D eigenvalue weighted by molar-refractivity contribution is 0.104. The summed E-state index contributed by atoms with van der Waals surface area (Å²) in [4.78, 5) is 18.8. The molecular formula is C13H12N2O. The Labute approximate surface area is 93.8 Å². The fourth-order valence-corrected chi connectivity index (χ4v) is 1.39. The maximum atomic E-state index is 11.7. The molecule has 2 rings (SSSR count). The van der Waals surface area contributed by atoms with Gasteiger partial charge in [-0.05, 0) is 19.1 Å². The van der Waals surface area contributed by atoms with Crippen molar-refractivity contribution in [1.82, 2.24) is 9.97 Å². The lowest BCUT2D eigenvalue weighted by Gasteiger charge is -1.93. The number of nitrogens with one attached hydrogen (secondary N) is 1. The van der Waals surface area contributed by atoms with Crippen LogP contribution >= 0.6 is 0 Å². The monoisotopic (exact) mass is 212 g/mol. The van der Waals surface area contributed by atoms with Crippen LogP contribution in [0.3, 0.4) is 0 Å². The molecule has 0 bridgehead atoms. The van der Waals surface area contributed by atoms with Crippen molar-refractivity contribution in [2.45, 2.75) is 6.92 Å². The van der Waals surface area contributed by atoms with Crippen molar-refractivity contribution >= 4 is 11.9 Å². The number of aryl methyl sites for hydroxylation is 1. The number of allylic oxidation sites excluding steroid dienone is 1. The molecule has 1 heterocycles. The molecule has 0 fully saturated rings. The smallest absolute Gasteiger partial charge is 0.185 e. The number of aromatic amines is 1. The molecule has 0 aliphatic rings. The molecule has 0 amide bonds. The third kappa shape index (κ3) is 2.25. The lowest BCUT2D eigenvalue weighted by Crippen LogP contribution is -1.92. The molecular weight excluding hydrogens is 200 g/mol. The van der Waals surface area contributed by atoms with E-state index in [4.69, 9.17) is 0 Å². The van der Waals surface area contributed by atoms with Crippen LogP contribution in [0.5, 0.6) is 0 Å². The predicted molar refractivity (Wildman–Crippen MR) is 63.1 cm³/mol. The Bertz CT molecular complexity index is 512. The number of ketones is 1. The minimum Gasteiger partial charge on any atom is -0.348 e. The first kappa shape index (κ1) is 10.4. The number of hydrogen-bond acceptors (Lipinski definition) is 2. The normalized spacial score (nSPS) is 10.8. The summed E-state index contributed by atoms with van der Waals surface area (Å²) in [5.41, 5.74) is 2.44. The van der Waals surface area contributed by atoms with E-state index < -0.39 is 0 Å². The summed E-state index contributed by atoms with van der Waals surface area (Å²) in [7, 11) is 0. The van der Waals surface area contributed by atoms with Gasteiger partial charge in [0, 0.05) is 11.3 Å². The van der Waals surface area contributed by atoms with E-state index in [1.165, 1.54) is 0 Å². The second kappa shape index (κ2) is 4.57. The second-order valence-electron chi connectivity index (χ2n) is 3.48. The van der Waals surface area contributed by atoms with Crippen molar-refractivity contribution in [2.24, 2.45) is 0 Å². The van der Waals surface area contributed by atoms with E-state index >= 15 is 0 Å². The molecule has 1 N–H and O–H groups in total. The van der Waals surface area contributed by atoms with Gasteiger partial charge < -0.3 is 4.98 Å². The van der Waals surface area contributed by atoms with Crippen LogP contribution in [0, 0.1) is 6.92 Å². The van der Waals surface area contributed by atoms with Crippen LogP contribution in [0.1, 0.15) is 21.7 Å². The molecule has 0 saturated carbocycles. The highest BCUT2D eigenvalue weighted by Gasteiger charge is 2.01. The molecule has 2 aromatic rings. The van der Waals surface area contributed by atoms with Crippen molar-refractivity contribution in [3.8, 4) is 0 Å². The quantitative estimate of drug-likeness (QED) is 0.628. The number of hydrogen-bond donors (Lipinski definition) is 1. The molecule has 0 unspecified atom stereocenters. The van der Waals surface area contributed by atoms with E-state index in [2.05, 4.69) is 9.97 Å². The Hall–Kier alpha value is -2.16. The first-order valence-corrected chi connectivity index (χ1v) is 5.05. The van der Waals surface area contributed by atoms with Gasteiger partial charge in [0.15, 0.2) is 5.78 Å². The molecule has 3 heteroatoms. The van der Waals surface area contributed by atoms with E-state index in [0.29, 0.717) is 5.56 Å². The lowest BCUT2D eigenvalue weighted by atomic mass is 10.1. The number of carbonyl (C=O) groups excluding carboxylic acids is 1. The van der Waals surface area contributed by atoms with Gasteiger partial charge in [0.2, 0.25) is 0 Å². The number of rotatable bonds is 3. The Morgan fingerprint density at radius 3 is 2.69 bits per heavy atom. The third-order valence-corrected chi connectivity index (χ3v) is 2.32. The van der Waals surface area contributed by atoms with Crippen LogP contribution in [0.25, 0.3) is 6.08 Å².